The number of fused-ring (bicyclic) bond motifs is 1. The minimum absolute atomic E-state index is 0.0400. The lowest BCUT2D eigenvalue weighted by Crippen LogP contribution is -2.02. The Bertz CT molecular complexity index is 748. The first-order chi connectivity index (χ1) is 9.27. The quantitative estimate of drug-likeness (QED) is 0.619. The number of rotatable bonds is 2. The largest absolute Gasteiger partial charge is 0.289 e. The Kier molecular flexibility index (Phi) is 3.18. The van der Waals surface area contributed by atoms with Gasteiger partial charge in [-0.25, -0.2) is 0 Å². The fraction of sp³-hybridized carbons (Fsp3) is 0. The third kappa shape index (κ3) is 2.20. The zero-order valence-electron chi connectivity index (χ0n) is 10.1. The van der Waals surface area contributed by atoms with Crippen LogP contribution in [0.4, 0.5) is 0 Å². The van der Waals surface area contributed by atoms with Gasteiger partial charge in [0.15, 0.2) is 5.78 Å². The molecule has 0 aliphatic carbocycles. The van der Waals surface area contributed by atoms with E-state index in [1.54, 1.807) is 0 Å². The second-order valence-electron chi connectivity index (χ2n) is 4.34. The summed E-state index contributed by atoms with van der Waals surface area (Å²) in [6, 6.07) is 21.2. The SMILES string of the molecule is O=C(c1ccccc1)c1ccc2ccccc2c1Br. The van der Waals surface area contributed by atoms with Crippen LogP contribution in [-0.2, 0) is 0 Å². The van der Waals surface area contributed by atoms with Crippen LogP contribution in [0.25, 0.3) is 10.8 Å². The fourth-order valence-electron chi connectivity index (χ4n) is 2.15. The van der Waals surface area contributed by atoms with Gasteiger partial charge in [-0.15, -0.1) is 0 Å². The first-order valence-electron chi connectivity index (χ1n) is 6.04. The highest BCUT2D eigenvalue weighted by atomic mass is 79.9. The van der Waals surface area contributed by atoms with Crippen LogP contribution < -0.4 is 0 Å². The summed E-state index contributed by atoms with van der Waals surface area (Å²) in [4.78, 5) is 12.5. The maximum absolute atomic E-state index is 12.5. The normalized spacial score (nSPS) is 10.6. The van der Waals surface area contributed by atoms with Crippen LogP contribution in [0.1, 0.15) is 15.9 Å². The fourth-order valence-corrected chi connectivity index (χ4v) is 2.83. The van der Waals surface area contributed by atoms with Crippen molar-refractivity contribution >= 4 is 32.5 Å². The van der Waals surface area contributed by atoms with Gasteiger partial charge in [0.1, 0.15) is 0 Å². The molecule has 92 valence electrons. The van der Waals surface area contributed by atoms with Gasteiger partial charge in [0.2, 0.25) is 0 Å². The van der Waals surface area contributed by atoms with E-state index in [1.165, 1.54) is 0 Å². The van der Waals surface area contributed by atoms with Gasteiger partial charge < -0.3 is 0 Å². The number of ketones is 1. The Labute approximate surface area is 120 Å². The topological polar surface area (TPSA) is 17.1 Å². The average Bonchev–Trinajstić information content (AvgIpc) is 2.48. The van der Waals surface area contributed by atoms with Crippen LogP contribution in [0.2, 0.25) is 0 Å². The molecule has 0 atom stereocenters. The molecule has 0 saturated carbocycles. The molecule has 2 heteroatoms. The van der Waals surface area contributed by atoms with Gasteiger partial charge in [0.25, 0.3) is 0 Å². The van der Waals surface area contributed by atoms with E-state index in [0.717, 1.165) is 15.2 Å². The molecule has 1 nitrogen and oxygen atoms in total. The highest BCUT2D eigenvalue weighted by Crippen LogP contribution is 2.29. The number of benzene rings is 3. The zero-order valence-corrected chi connectivity index (χ0v) is 11.7. The van der Waals surface area contributed by atoms with Crippen molar-refractivity contribution in [2.75, 3.05) is 0 Å². The number of carbonyl (C=O) groups excluding carboxylic acids is 1. The van der Waals surface area contributed by atoms with Crippen LogP contribution in [0, 0.1) is 0 Å². The van der Waals surface area contributed by atoms with Gasteiger partial charge >= 0.3 is 0 Å². The van der Waals surface area contributed by atoms with Crippen molar-refractivity contribution in [2.45, 2.75) is 0 Å². The summed E-state index contributed by atoms with van der Waals surface area (Å²) in [7, 11) is 0. The molecule has 0 aromatic heterocycles. The smallest absolute Gasteiger partial charge is 0.194 e. The number of carbonyl (C=O) groups is 1. The molecule has 0 radical (unpaired) electrons. The van der Waals surface area contributed by atoms with Crippen LogP contribution >= 0.6 is 15.9 Å². The van der Waals surface area contributed by atoms with Crippen LogP contribution in [0.3, 0.4) is 0 Å². The van der Waals surface area contributed by atoms with Crippen LogP contribution in [0.5, 0.6) is 0 Å². The van der Waals surface area contributed by atoms with Gasteiger partial charge in [-0.3, -0.25) is 4.79 Å². The molecule has 3 aromatic rings. The van der Waals surface area contributed by atoms with E-state index in [0.29, 0.717) is 11.1 Å². The monoisotopic (exact) mass is 310 g/mol. The van der Waals surface area contributed by atoms with Gasteiger partial charge in [-0.05, 0) is 32.8 Å². The number of halogens is 1. The van der Waals surface area contributed by atoms with E-state index in [4.69, 9.17) is 0 Å². The van der Waals surface area contributed by atoms with Gasteiger partial charge in [-0.2, -0.15) is 0 Å². The van der Waals surface area contributed by atoms with Crippen molar-refractivity contribution < 1.29 is 4.79 Å². The molecule has 0 fully saturated rings. The molecular formula is C17H11BrO. The molecule has 0 saturated heterocycles. The van der Waals surface area contributed by atoms with Gasteiger partial charge in [0.05, 0.1) is 0 Å². The number of hydrogen-bond donors (Lipinski definition) is 0. The average molecular weight is 311 g/mol. The molecule has 3 rings (SSSR count). The second kappa shape index (κ2) is 4.98. The summed E-state index contributed by atoms with van der Waals surface area (Å²) in [5.41, 5.74) is 1.41. The molecule has 19 heavy (non-hydrogen) atoms. The Hall–Kier alpha value is -1.93. The Balaban J connectivity index is 2.16. The molecule has 3 aromatic carbocycles. The molecule has 0 aliphatic heterocycles. The van der Waals surface area contributed by atoms with Gasteiger partial charge in [-0.1, -0.05) is 60.7 Å². The molecule has 0 N–H and O–H groups in total. The van der Waals surface area contributed by atoms with E-state index in [1.807, 2.05) is 66.7 Å². The van der Waals surface area contributed by atoms with E-state index in [2.05, 4.69) is 15.9 Å². The summed E-state index contributed by atoms with van der Waals surface area (Å²) >= 11 is 3.56. The van der Waals surface area contributed by atoms with Crippen molar-refractivity contribution in [1.29, 1.82) is 0 Å². The summed E-state index contributed by atoms with van der Waals surface area (Å²) < 4.78 is 0.861. The predicted molar refractivity (Wildman–Crippen MR) is 81.5 cm³/mol. The lowest BCUT2D eigenvalue weighted by Gasteiger charge is -2.07. The van der Waals surface area contributed by atoms with E-state index in [-0.39, 0.29) is 5.78 Å². The standard InChI is InChI=1S/C17H11BrO/c18-16-14-9-5-4-6-12(14)10-11-15(16)17(19)13-7-2-1-3-8-13/h1-11H. The summed E-state index contributed by atoms with van der Waals surface area (Å²) in [6.07, 6.45) is 0. The maximum atomic E-state index is 12.5. The minimum Gasteiger partial charge on any atom is -0.289 e. The first-order valence-corrected chi connectivity index (χ1v) is 6.83. The lowest BCUT2D eigenvalue weighted by atomic mass is 10.00. The highest BCUT2D eigenvalue weighted by molar-refractivity contribution is 9.10. The molecule has 0 unspecified atom stereocenters. The maximum Gasteiger partial charge on any atom is 0.194 e. The Morgan fingerprint density at radius 1 is 0.789 bits per heavy atom. The second-order valence-corrected chi connectivity index (χ2v) is 5.14. The van der Waals surface area contributed by atoms with Crippen molar-refractivity contribution in [2.24, 2.45) is 0 Å². The molecule has 0 aliphatic rings. The molecule has 0 bridgehead atoms. The summed E-state index contributed by atoms with van der Waals surface area (Å²) in [5, 5.41) is 2.18. The molecule has 0 heterocycles. The molecule has 0 amide bonds. The number of hydrogen-bond acceptors (Lipinski definition) is 1. The lowest BCUT2D eigenvalue weighted by molar-refractivity contribution is 0.103. The third-order valence-electron chi connectivity index (χ3n) is 3.14. The summed E-state index contributed by atoms with van der Waals surface area (Å²) in [5.74, 6) is 0.0400. The van der Waals surface area contributed by atoms with Crippen molar-refractivity contribution in [3.05, 3.63) is 82.3 Å². The predicted octanol–water partition coefficient (Wildman–Crippen LogP) is 4.83. The van der Waals surface area contributed by atoms with Crippen molar-refractivity contribution in [1.82, 2.24) is 0 Å². The zero-order chi connectivity index (χ0) is 13.2. The third-order valence-corrected chi connectivity index (χ3v) is 4.00. The minimum atomic E-state index is 0.0400. The van der Waals surface area contributed by atoms with E-state index >= 15 is 0 Å². The van der Waals surface area contributed by atoms with Crippen molar-refractivity contribution in [3.63, 3.8) is 0 Å². The van der Waals surface area contributed by atoms with Crippen LogP contribution in [0.15, 0.2) is 71.2 Å². The van der Waals surface area contributed by atoms with Crippen LogP contribution in [-0.4, -0.2) is 5.78 Å². The molecular weight excluding hydrogens is 300 g/mol. The van der Waals surface area contributed by atoms with E-state index < -0.39 is 0 Å². The van der Waals surface area contributed by atoms with E-state index in [9.17, 15) is 4.79 Å². The van der Waals surface area contributed by atoms with Crippen molar-refractivity contribution in [3.8, 4) is 0 Å². The molecule has 0 spiro atoms. The highest BCUT2D eigenvalue weighted by Gasteiger charge is 2.13. The summed E-state index contributed by atoms with van der Waals surface area (Å²) in [6.45, 7) is 0. The Morgan fingerprint density at radius 2 is 1.47 bits per heavy atom. The Morgan fingerprint density at radius 3 is 2.26 bits per heavy atom. The van der Waals surface area contributed by atoms with Gasteiger partial charge in [0, 0.05) is 15.6 Å². The first kappa shape index (κ1) is 12.1.